The predicted octanol–water partition coefficient (Wildman–Crippen LogP) is 1.69. The molecule has 0 bridgehead atoms. The first kappa shape index (κ1) is 8.34. The van der Waals surface area contributed by atoms with Crippen molar-refractivity contribution in [2.45, 2.75) is 3.79 Å². The minimum absolute atomic E-state index is 0.984. The van der Waals surface area contributed by atoms with Gasteiger partial charge in [-0.1, -0.05) is 34.8 Å². The van der Waals surface area contributed by atoms with Crippen LogP contribution in [-0.4, -0.2) is 9.76 Å². The van der Waals surface area contributed by atoms with Crippen molar-refractivity contribution < 1.29 is 9.53 Å². The first-order valence-corrected chi connectivity index (χ1v) is 2.65. The topological polar surface area (TPSA) is 26.3 Å². The minimum atomic E-state index is -2.00. The van der Waals surface area contributed by atoms with E-state index in [1.165, 1.54) is 0 Å². The van der Waals surface area contributed by atoms with Gasteiger partial charge in [-0.2, -0.15) is 0 Å². The summed E-state index contributed by atoms with van der Waals surface area (Å²) >= 11 is 15.0. The number of carbonyl (C=O) groups excluding carboxylic acids is 1. The molecule has 0 atom stereocenters. The van der Waals surface area contributed by atoms with Gasteiger partial charge in [0.15, 0.2) is 0 Å². The summed E-state index contributed by atoms with van der Waals surface area (Å²) in [6, 6.07) is 0. The highest BCUT2D eigenvalue weighted by atomic mass is 35.6. The van der Waals surface area contributed by atoms with Crippen LogP contribution in [0.15, 0.2) is 0 Å². The molecule has 0 aliphatic heterocycles. The molecule has 0 heterocycles. The third-order valence-corrected chi connectivity index (χ3v) is 0.825. The average molecular weight is 176 g/mol. The summed E-state index contributed by atoms with van der Waals surface area (Å²) < 4.78 is 1.83. The summed E-state index contributed by atoms with van der Waals surface area (Å²) in [4.78, 5) is 10.2. The zero-order valence-electron chi connectivity index (χ0n) is 3.66. The molecule has 0 saturated carbocycles. The van der Waals surface area contributed by atoms with E-state index in [9.17, 15) is 4.79 Å². The van der Waals surface area contributed by atoms with E-state index < -0.39 is 9.76 Å². The van der Waals surface area contributed by atoms with Crippen LogP contribution in [0.4, 0.5) is 0 Å². The van der Waals surface area contributed by atoms with Crippen LogP contribution >= 0.6 is 34.8 Å². The molecule has 0 aliphatic carbocycles. The van der Waals surface area contributed by atoms with Crippen molar-refractivity contribution in [1.29, 1.82) is 0 Å². The van der Waals surface area contributed by atoms with E-state index >= 15 is 0 Å². The lowest BCUT2D eigenvalue weighted by Gasteiger charge is -2.04. The van der Waals surface area contributed by atoms with E-state index in [4.69, 9.17) is 34.8 Å². The van der Waals surface area contributed by atoms with Crippen molar-refractivity contribution in [2.75, 3.05) is 0 Å². The molecular formula is C3H2Cl3O2. The third-order valence-electron chi connectivity index (χ3n) is 0.363. The summed E-state index contributed by atoms with van der Waals surface area (Å²) in [7, 11) is 2.75. The Balaban J connectivity index is 3.82. The van der Waals surface area contributed by atoms with Gasteiger partial charge in [0.05, 0.1) is 0 Å². The summed E-state index contributed by atoms with van der Waals surface area (Å²) in [5.74, 6) is -0.984. The monoisotopic (exact) mass is 175 g/mol. The molecule has 0 N–H and O–H groups in total. The molecule has 0 fully saturated rings. The maximum atomic E-state index is 10.2. The third kappa shape index (κ3) is 2.60. The van der Waals surface area contributed by atoms with Gasteiger partial charge in [0, 0.05) is 0 Å². The Morgan fingerprint density at radius 3 is 1.88 bits per heavy atom. The van der Waals surface area contributed by atoms with Gasteiger partial charge in [0.2, 0.25) is 0 Å². The molecule has 0 aromatic carbocycles. The zero-order chi connectivity index (χ0) is 6.78. The summed E-state index contributed by atoms with van der Waals surface area (Å²) in [6.07, 6.45) is 0. The van der Waals surface area contributed by atoms with Crippen LogP contribution in [0.2, 0.25) is 0 Å². The molecule has 5 heteroatoms. The van der Waals surface area contributed by atoms with Crippen molar-refractivity contribution in [3.63, 3.8) is 0 Å². The van der Waals surface area contributed by atoms with Gasteiger partial charge in [0.25, 0.3) is 3.79 Å². The quantitative estimate of drug-likeness (QED) is 0.415. The molecule has 2 nitrogen and oxygen atoms in total. The number of ether oxygens (including phenoxy) is 1. The molecule has 0 aromatic heterocycles. The molecule has 0 saturated heterocycles. The van der Waals surface area contributed by atoms with Crippen molar-refractivity contribution in [3.05, 3.63) is 7.11 Å². The highest BCUT2D eigenvalue weighted by molar-refractivity contribution is 6.75. The molecule has 47 valence electrons. The first-order valence-electron chi connectivity index (χ1n) is 1.51. The van der Waals surface area contributed by atoms with Gasteiger partial charge in [0.1, 0.15) is 7.11 Å². The SMILES string of the molecule is [CH2]OC(=O)C(Cl)(Cl)Cl. The molecule has 0 rings (SSSR count). The van der Waals surface area contributed by atoms with Crippen molar-refractivity contribution in [3.8, 4) is 0 Å². The van der Waals surface area contributed by atoms with Crippen LogP contribution in [0, 0.1) is 7.11 Å². The van der Waals surface area contributed by atoms with Gasteiger partial charge >= 0.3 is 5.97 Å². The van der Waals surface area contributed by atoms with Crippen LogP contribution in [0.3, 0.4) is 0 Å². The molecule has 0 spiro atoms. The van der Waals surface area contributed by atoms with E-state index in [2.05, 4.69) is 11.8 Å². The van der Waals surface area contributed by atoms with Crippen molar-refractivity contribution in [1.82, 2.24) is 0 Å². The van der Waals surface area contributed by atoms with E-state index in [0.29, 0.717) is 0 Å². The van der Waals surface area contributed by atoms with Crippen LogP contribution in [0.25, 0.3) is 0 Å². The number of hydrogen-bond acceptors (Lipinski definition) is 2. The Morgan fingerprint density at radius 2 is 1.88 bits per heavy atom. The zero-order valence-corrected chi connectivity index (χ0v) is 5.93. The lowest BCUT2D eigenvalue weighted by molar-refractivity contribution is -0.137. The fourth-order valence-electron chi connectivity index (χ4n) is 0.0818. The van der Waals surface area contributed by atoms with Gasteiger partial charge in [-0.25, -0.2) is 4.79 Å². The van der Waals surface area contributed by atoms with Crippen LogP contribution in [0.1, 0.15) is 0 Å². The van der Waals surface area contributed by atoms with Crippen LogP contribution in [-0.2, 0) is 9.53 Å². The van der Waals surface area contributed by atoms with E-state index in [1.807, 2.05) is 0 Å². The fraction of sp³-hybridized carbons (Fsp3) is 0.333. The Hall–Kier alpha value is 0.340. The van der Waals surface area contributed by atoms with E-state index in [-0.39, 0.29) is 0 Å². The van der Waals surface area contributed by atoms with Gasteiger partial charge in [-0.3, -0.25) is 0 Å². The first-order chi connectivity index (χ1) is 3.48. The molecule has 8 heavy (non-hydrogen) atoms. The summed E-state index contributed by atoms with van der Waals surface area (Å²) in [5.41, 5.74) is 0. The Labute approximate surface area is 61.7 Å². The standard InChI is InChI=1S/C3H2Cl3O2/c1-8-2(7)3(4,5)6/h1H2. The summed E-state index contributed by atoms with van der Waals surface area (Å²) in [5, 5.41) is 0. The lowest BCUT2D eigenvalue weighted by atomic mass is 10.8. The second-order valence-electron chi connectivity index (χ2n) is 0.930. The maximum Gasteiger partial charge on any atom is 0.358 e. The smallest absolute Gasteiger partial charge is 0.358 e. The molecule has 1 radical (unpaired) electrons. The molecule has 0 unspecified atom stereocenters. The Morgan fingerprint density at radius 1 is 1.50 bits per heavy atom. The highest BCUT2D eigenvalue weighted by Crippen LogP contribution is 2.26. The van der Waals surface area contributed by atoms with Gasteiger partial charge in [-0.15, -0.1) is 0 Å². The number of hydrogen-bond donors (Lipinski definition) is 0. The highest BCUT2D eigenvalue weighted by Gasteiger charge is 2.31. The molecule has 0 aromatic rings. The summed E-state index contributed by atoms with van der Waals surface area (Å²) in [6.45, 7) is 0. The van der Waals surface area contributed by atoms with Crippen molar-refractivity contribution in [2.24, 2.45) is 0 Å². The molecular weight excluding hydrogens is 174 g/mol. The van der Waals surface area contributed by atoms with E-state index in [1.54, 1.807) is 0 Å². The second kappa shape index (κ2) is 2.76. The second-order valence-corrected chi connectivity index (χ2v) is 3.21. The largest absolute Gasteiger partial charge is 0.459 e. The number of alkyl halides is 3. The van der Waals surface area contributed by atoms with Crippen LogP contribution in [0.5, 0.6) is 0 Å². The van der Waals surface area contributed by atoms with E-state index in [0.717, 1.165) is 0 Å². The Bertz CT molecular complexity index is 95.2. The molecule has 0 aliphatic rings. The Kier molecular flexibility index (Phi) is 2.88. The number of carbonyl (C=O) groups is 1. The number of halogens is 3. The maximum absolute atomic E-state index is 10.2. The number of esters is 1. The van der Waals surface area contributed by atoms with Crippen LogP contribution < -0.4 is 0 Å². The predicted molar refractivity (Wildman–Crippen MR) is 31.7 cm³/mol. The lowest BCUT2D eigenvalue weighted by Crippen LogP contribution is -2.19. The normalized spacial score (nSPS) is 11.0. The fourth-order valence-corrected chi connectivity index (χ4v) is 0.245. The van der Waals surface area contributed by atoms with Gasteiger partial charge in [-0.05, 0) is 0 Å². The average Bonchev–Trinajstić information content (AvgIpc) is 1.62. The van der Waals surface area contributed by atoms with Crippen molar-refractivity contribution >= 4 is 40.8 Å². The van der Waals surface area contributed by atoms with Gasteiger partial charge < -0.3 is 4.74 Å². The minimum Gasteiger partial charge on any atom is -0.459 e. The number of rotatable bonds is 0. The molecule has 0 amide bonds.